The van der Waals surface area contributed by atoms with E-state index in [9.17, 15) is 14.7 Å². The van der Waals surface area contributed by atoms with Gasteiger partial charge >= 0.3 is 5.97 Å². The Morgan fingerprint density at radius 2 is 1.76 bits per heavy atom. The molecule has 1 aliphatic heterocycles. The molecule has 0 spiro atoms. The molecule has 2 heterocycles. The molecule has 1 atom stereocenters. The Kier molecular flexibility index (Phi) is 6.92. The van der Waals surface area contributed by atoms with Crippen LogP contribution in [-0.2, 0) is 9.59 Å². The van der Waals surface area contributed by atoms with Gasteiger partial charge in [0, 0.05) is 35.0 Å². The third kappa shape index (κ3) is 4.87. The fourth-order valence-corrected chi connectivity index (χ4v) is 5.09. The number of amides is 1. The monoisotopic (exact) mass is 507 g/mol. The van der Waals surface area contributed by atoms with Gasteiger partial charge < -0.3 is 9.84 Å². The first kappa shape index (κ1) is 25.1. The van der Waals surface area contributed by atoms with Gasteiger partial charge in [-0.1, -0.05) is 54.1 Å². The lowest BCUT2D eigenvalue weighted by Gasteiger charge is -2.22. The number of pyridine rings is 1. The Morgan fingerprint density at radius 3 is 2.50 bits per heavy atom. The van der Waals surface area contributed by atoms with Crippen molar-refractivity contribution in [2.45, 2.75) is 39.2 Å². The van der Waals surface area contributed by atoms with Gasteiger partial charge in [0.25, 0.3) is 0 Å². The number of benzene rings is 3. The van der Waals surface area contributed by atoms with Crippen molar-refractivity contribution in [3.8, 4) is 16.9 Å². The van der Waals surface area contributed by atoms with E-state index in [0.29, 0.717) is 12.2 Å². The fourth-order valence-electron chi connectivity index (χ4n) is 5.09. The number of aromatic nitrogens is 1. The van der Waals surface area contributed by atoms with E-state index in [2.05, 4.69) is 31.2 Å². The van der Waals surface area contributed by atoms with Crippen LogP contribution in [-0.4, -0.2) is 39.8 Å². The van der Waals surface area contributed by atoms with E-state index in [0.717, 1.165) is 50.1 Å². The molecule has 1 amide bonds. The summed E-state index contributed by atoms with van der Waals surface area (Å²) in [4.78, 5) is 29.4. The van der Waals surface area contributed by atoms with Crippen molar-refractivity contribution in [2.75, 3.05) is 7.11 Å². The molecule has 5 rings (SSSR count). The largest absolute Gasteiger partial charge is 0.497 e. The molecule has 0 bridgehead atoms. The number of fused-ring (bicyclic) bond motifs is 1. The van der Waals surface area contributed by atoms with Crippen molar-refractivity contribution in [1.29, 1.82) is 0 Å². The van der Waals surface area contributed by atoms with E-state index in [1.165, 1.54) is 5.01 Å². The number of carboxylic acids is 1. The third-order valence-electron chi connectivity index (χ3n) is 6.87. The van der Waals surface area contributed by atoms with E-state index in [-0.39, 0.29) is 18.7 Å². The van der Waals surface area contributed by atoms with Crippen molar-refractivity contribution >= 4 is 28.5 Å². The molecular weight excluding hydrogens is 478 g/mol. The summed E-state index contributed by atoms with van der Waals surface area (Å²) in [7, 11) is 1.60. The van der Waals surface area contributed by atoms with Crippen LogP contribution in [0.15, 0.2) is 77.9 Å². The second kappa shape index (κ2) is 10.5. The van der Waals surface area contributed by atoms with Crippen molar-refractivity contribution < 1.29 is 19.4 Å². The van der Waals surface area contributed by atoms with Gasteiger partial charge in [0.2, 0.25) is 5.91 Å². The second-order valence-electron chi connectivity index (χ2n) is 9.51. The lowest BCUT2D eigenvalue weighted by molar-refractivity contribution is -0.141. The van der Waals surface area contributed by atoms with Crippen LogP contribution < -0.4 is 4.74 Å². The van der Waals surface area contributed by atoms with Gasteiger partial charge in [0.15, 0.2) is 0 Å². The quantitative estimate of drug-likeness (QED) is 0.328. The average Bonchev–Trinajstić information content (AvgIpc) is 3.37. The van der Waals surface area contributed by atoms with Crippen LogP contribution in [0.25, 0.3) is 22.0 Å². The zero-order valence-electron chi connectivity index (χ0n) is 21.6. The summed E-state index contributed by atoms with van der Waals surface area (Å²) in [6, 6.07) is 23.6. The maximum absolute atomic E-state index is 13.3. The Bertz CT molecular complexity index is 1560. The molecular formula is C31H29N3O4. The minimum absolute atomic E-state index is 0.133. The second-order valence-corrected chi connectivity index (χ2v) is 9.51. The van der Waals surface area contributed by atoms with Crippen molar-refractivity contribution in [2.24, 2.45) is 5.10 Å². The summed E-state index contributed by atoms with van der Waals surface area (Å²) in [6.45, 7) is 4.03. The van der Waals surface area contributed by atoms with Crippen LogP contribution >= 0.6 is 0 Å². The molecule has 0 unspecified atom stereocenters. The first-order valence-electron chi connectivity index (χ1n) is 12.6. The first-order chi connectivity index (χ1) is 18.4. The van der Waals surface area contributed by atoms with Gasteiger partial charge in [-0.05, 0) is 49.2 Å². The summed E-state index contributed by atoms with van der Waals surface area (Å²) < 4.78 is 5.43. The molecule has 0 saturated carbocycles. The first-order valence-corrected chi connectivity index (χ1v) is 12.6. The van der Waals surface area contributed by atoms with E-state index in [4.69, 9.17) is 14.8 Å². The number of carboxylic acid groups (broad SMARTS) is 1. The SMILES string of the molecule is COc1cccc([C@@H]2CC(c3c(C)nc4ccc(C)cc4c3-c3ccccc3)=NN2C(=O)CCC(=O)O)c1. The third-order valence-corrected chi connectivity index (χ3v) is 6.87. The van der Waals surface area contributed by atoms with E-state index in [1.54, 1.807) is 7.11 Å². The zero-order valence-corrected chi connectivity index (χ0v) is 21.6. The van der Waals surface area contributed by atoms with Crippen LogP contribution in [0, 0.1) is 13.8 Å². The fraction of sp³-hybridized carbons (Fsp3) is 0.226. The van der Waals surface area contributed by atoms with Crippen molar-refractivity contribution in [3.05, 3.63) is 95.2 Å². The topological polar surface area (TPSA) is 92.1 Å². The van der Waals surface area contributed by atoms with Gasteiger partial charge in [0.1, 0.15) is 5.75 Å². The summed E-state index contributed by atoms with van der Waals surface area (Å²) in [5, 5.41) is 16.5. The summed E-state index contributed by atoms with van der Waals surface area (Å²) >= 11 is 0. The summed E-state index contributed by atoms with van der Waals surface area (Å²) in [5.41, 5.74) is 7.43. The molecule has 0 saturated heterocycles. The molecule has 1 aromatic heterocycles. The lowest BCUT2D eigenvalue weighted by Crippen LogP contribution is -2.27. The van der Waals surface area contributed by atoms with Gasteiger partial charge in [-0.2, -0.15) is 5.10 Å². The predicted molar refractivity (Wildman–Crippen MR) is 147 cm³/mol. The Morgan fingerprint density at radius 1 is 0.974 bits per heavy atom. The van der Waals surface area contributed by atoms with Crippen LogP contribution in [0.1, 0.15) is 47.7 Å². The van der Waals surface area contributed by atoms with Crippen LogP contribution in [0.5, 0.6) is 5.75 Å². The molecule has 3 aromatic carbocycles. The molecule has 0 fully saturated rings. The molecule has 1 aliphatic rings. The molecule has 38 heavy (non-hydrogen) atoms. The number of carbonyl (C=O) groups is 2. The maximum atomic E-state index is 13.3. The number of ether oxygens (including phenoxy) is 1. The molecule has 0 aliphatic carbocycles. The molecule has 192 valence electrons. The number of aryl methyl sites for hydroxylation is 2. The molecule has 1 N–H and O–H groups in total. The number of hydrogen-bond donors (Lipinski definition) is 1. The van der Waals surface area contributed by atoms with Crippen LogP contribution in [0.2, 0.25) is 0 Å². The summed E-state index contributed by atoms with van der Waals surface area (Å²) in [5.74, 6) is -0.674. The standard InChI is InChI=1S/C31H29N3O4/c1-19-12-13-25-24(16-19)31(21-8-5-4-6-9-21)30(20(2)32-25)26-18-27(22-10-7-11-23(17-22)38-3)34(33-26)28(35)14-15-29(36)37/h4-13,16-17,27H,14-15,18H2,1-3H3,(H,36,37)/t27-/m0/s1. The van der Waals surface area contributed by atoms with E-state index < -0.39 is 12.0 Å². The van der Waals surface area contributed by atoms with Crippen molar-refractivity contribution in [3.63, 3.8) is 0 Å². The number of methoxy groups -OCH3 is 1. The van der Waals surface area contributed by atoms with Crippen LogP contribution in [0.4, 0.5) is 0 Å². The Labute approximate surface area is 221 Å². The number of hydrazone groups is 1. The Balaban J connectivity index is 1.69. The number of carbonyl (C=O) groups excluding carboxylic acids is 1. The highest BCUT2D eigenvalue weighted by Crippen LogP contribution is 2.40. The zero-order chi connectivity index (χ0) is 26.8. The molecule has 7 heteroatoms. The number of rotatable bonds is 7. The van der Waals surface area contributed by atoms with Gasteiger partial charge in [-0.3, -0.25) is 14.6 Å². The van der Waals surface area contributed by atoms with Crippen molar-refractivity contribution in [1.82, 2.24) is 9.99 Å². The highest BCUT2D eigenvalue weighted by atomic mass is 16.5. The normalized spacial score (nSPS) is 15.0. The smallest absolute Gasteiger partial charge is 0.303 e. The highest BCUT2D eigenvalue weighted by Gasteiger charge is 2.35. The molecule has 7 nitrogen and oxygen atoms in total. The number of aliphatic carboxylic acids is 1. The minimum Gasteiger partial charge on any atom is -0.497 e. The predicted octanol–water partition coefficient (Wildman–Crippen LogP) is 6.07. The lowest BCUT2D eigenvalue weighted by atomic mass is 9.89. The Hall–Kier alpha value is -4.52. The van der Waals surface area contributed by atoms with Gasteiger partial charge in [0.05, 0.1) is 30.8 Å². The number of hydrogen-bond acceptors (Lipinski definition) is 5. The highest BCUT2D eigenvalue weighted by molar-refractivity contribution is 6.14. The minimum atomic E-state index is -1.02. The van der Waals surface area contributed by atoms with Gasteiger partial charge in [-0.25, -0.2) is 5.01 Å². The molecule has 0 radical (unpaired) electrons. The van der Waals surface area contributed by atoms with E-state index in [1.807, 2.05) is 55.5 Å². The maximum Gasteiger partial charge on any atom is 0.303 e. The summed E-state index contributed by atoms with van der Waals surface area (Å²) in [6.07, 6.45) is 0.0774. The molecule has 4 aromatic rings. The van der Waals surface area contributed by atoms with E-state index >= 15 is 0 Å². The van der Waals surface area contributed by atoms with Gasteiger partial charge in [-0.15, -0.1) is 0 Å². The average molecular weight is 508 g/mol. The van der Waals surface area contributed by atoms with Crippen LogP contribution in [0.3, 0.4) is 0 Å². The number of nitrogens with zero attached hydrogens (tertiary/aromatic N) is 3.